The van der Waals surface area contributed by atoms with Crippen LogP contribution in [0.4, 0.5) is 0 Å². The highest BCUT2D eigenvalue weighted by Gasteiger charge is 2.42. The van der Waals surface area contributed by atoms with Crippen molar-refractivity contribution in [2.75, 3.05) is 6.61 Å². The average Bonchev–Trinajstić information content (AvgIpc) is 2.69. The Labute approximate surface area is 92.2 Å². The third-order valence-corrected chi connectivity index (χ3v) is 2.16. The van der Waals surface area contributed by atoms with Gasteiger partial charge in [0.25, 0.3) is 0 Å². The van der Waals surface area contributed by atoms with E-state index in [1.54, 1.807) is 13.0 Å². The number of furan rings is 1. The molecule has 0 aliphatic heterocycles. The second-order valence-corrected chi connectivity index (χ2v) is 3.79. The van der Waals surface area contributed by atoms with Gasteiger partial charge < -0.3 is 9.15 Å². The van der Waals surface area contributed by atoms with Crippen LogP contribution in [-0.2, 0) is 9.53 Å². The molecule has 0 N–H and O–H groups in total. The number of Topliss-reactive ketones (excluding diaryl/α,β-unsaturated/α-hetero) is 1. The molecule has 1 rings (SSSR count). The lowest BCUT2D eigenvalue weighted by Crippen LogP contribution is -2.39. The van der Waals surface area contributed by atoms with Crippen LogP contribution in [0.25, 0.3) is 0 Å². The van der Waals surface area contributed by atoms with Gasteiger partial charge in [-0.3, -0.25) is 4.79 Å². The van der Waals surface area contributed by atoms with Gasteiger partial charge in [-0.2, -0.15) is 0 Å². The minimum atomic E-state index is -1.73. The molecule has 0 aliphatic rings. The molecule has 1 aromatic heterocycles. The van der Waals surface area contributed by atoms with E-state index >= 15 is 0 Å². The standard InChI is InChI=1S/C10H11ClO4/c1-3-14-9(13)10(2,11)8(12)7-5-4-6-15-7/h4-6H,3H2,1-2H3. The van der Waals surface area contributed by atoms with E-state index in [-0.39, 0.29) is 12.4 Å². The summed E-state index contributed by atoms with van der Waals surface area (Å²) in [5.74, 6) is -1.33. The van der Waals surface area contributed by atoms with Crippen LogP contribution in [0, 0.1) is 0 Å². The quantitative estimate of drug-likeness (QED) is 0.344. The minimum Gasteiger partial charge on any atom is -0.464 e. The third kappa shape index (κ3) is 2.39. The van der Waals surface area contributed by atoms with Crippen LogP contribution >= 0.6 is 11.6 Å². The van der Waals surface area contributed by atoms with Crippen molar-refractivity contribution in [1.82, 2.24) is 0 Å². The Morgan fingerprint density at radius 2 is 2.27 bits per heavy atom. The van der Waals surface area contributed by atoms with Crippen molar-refractivity contribution in [2.24, 2.45) is 0 Å². The van der Waals surface area contributed by atoms with E-state index in [9.17, 15) is 9.59 Å². The smallest absolute Gasteiger partial charge is 0.335 e. The van der Waals surface area contributed by atoms with Gasteiger partial charge in [-0.15, -0.1) is 0 Å². The Morgan fingerprint density at radius 3 is 2.73 bits per heavy atom. The van der Waals surface area contributed by atoms with Gasteiger partial charge in [-0.1, -0.05) is 11.6 Å². The van der Waals surface area contributed by atoms with Crippen LogP contribution in [-0.4, -0.2) is 23.2 Å². The predicted octanol–water partition coefficient (Wildman–Crippen LogP) is 2.02. The molecule has 0 saturated heterocycles. The van der Waals surface area contributed by atoms with Gasteiger partial charge in [0.05, 0.1) is 12.9 Å². The summed E-state index contributed by atoms with van der Waals surface area (Å²) in [6, 6.07) is 2.99. The minimum absolute atomic E-state index is 0.0422. The van der Waals surface area contributed by atoms with Crippen LogP contribution in [0.15, 0.2) is 22.8 Å². The lowest BCUT2D eigenvalue weighted by atomic mass is 10.0. The van der Waals surface area contributed by atoms with Crippen LogP contribution < -0.4 is 0 Å². The summed E-state index contributed by atoms with van der Waals surface area (Å²) >= 11 is 5.82. The topological polar surface area (TPSA) is 56.5 Å². The number of rotatable bonds is 4. The van der Waals surface area contributed by atoms with Crippen LogP contribution in [0.1, 0.15) is 24.4 Å². The lowest BCUT2D eigenvalue weighted by molar-refractivity contribution is -0.144. The predicted molar refractivity (Wildman–Crippen MR) is 53.9 cm³/mol. The van der Waals surface area contributed by atoms with Gasteiger partial charge in [0, 0.05) is 0 Å². The summed E-state index contributed by atoms with van der Waals surface area (Å²) in [6.45, 7) is 3.10. The summed E-state index contributed by atoms with van der Waals surface area (Å²) in [7, 11) is 0. The zero-order valence-electron chi connectivity index (χ0n) is 8.45. The first-order valence-electron chi connectivity index (χ1n) is 4.44. The Bertz CT molecular complexity index is 354. The van der Waals surface area contributed by atoms with Crippen molar-refractivity contribution >= 4 is 23.4 Å². The molecule has 82 valence electrons. The molecule has 1 atom stereocenters. The highest BCUT2D eigenvalue weighted by atomic mass is 35.5. The van der Waals surface area contributed by atoms with Gasteiger partial charge >= 0.3 is 5.97 Å². The number of hydrogen-bond acceptors (Lipinski definition) is 4. The molecule has 0 amide bonds. The summed E-state index contributed by atoms with van der Waals surface area (Å²) in [4.78, 5) is 21.4. The number of esters is 1. The summed E-state index contributed by atoms with van der Waals surface area (Å²) < 4.78 is 9.56. The number of carbonyl (C=O) groups excluding carboxylic acids is 2. The molecule has 1 aromatic rings. The first-order chi connectivity index (χ1) is 7.00. The Morgan fingerprint density at radius 1 is 1.60 bits per heavy atom. The van der Waals surface area contributed by atoms with Crippen molar-refractivity contribution in [3.05, 3.63) is 24.2 Å². The fraction of sp³-hybridized carbons (Fsp3) is 0.400. The van der Waals surface area contributed by atoms with Gasteiger partial charge in [0.15, 0.2) is 5.76 Å². The average molecular weight is 231 g/mol. The number of alkyl halides is 1. The van der Waals surface area contributed by atoms with Crippen LogP contribution in [0.2, 0.25) is 0 Å². The molecule has 15 heavy (non-hydrogen) atoms. The van der Waals surface area contributed by atoms with E-state index < -0.39 is 16.6 Å². The van der Waals surface area contributed by atoms with Gasteiger partial charge in [0.1, 0.15) is 0 Å². The maximum Gasteiger partial charge on any atom is 0.335 e. The Kier molecular flexibility index (Phi) is 3.52. The van der Waals surface area contributed by atoms with Gasteiger partial charge in [-0.05, 0) is 26.0 Å². The SMILES string of the molecule is CCOC(=O)C(C)(Cl)C(=O)c1ccco1. The molecule has 5 heteroatoms. The Hall–Kier alpha value is -1.29. The van der Waals surface area contributed by atoms with Crippen molar-refractivity contribution in [3.8, 4) is 0 Å². The highest BCUT2D eigenvalue weighted by molar-refractivity contribution is 6.47. The van der Waals surface area contributed by atoms with Crippen LogP contribution in [0.5, 0.6) is 0 Å². The van der Waals surface area contributed by atoms with Gasteiger partial charge in [-0.25, -0.2) is 4.79 Å². The number of ketones is 1. The number of hydrogen-bond donors (Lipinski definition) is 0. The number of ether oxygens (including phenoxy) is 1. The molecule has 1 heterocycles. The molecule has 4 nitrogen and oxygen atoms in total. The largest absolute Gasteiger partial charge is 0.464 e. The molecule has 0 aliphatic carbocycles. The summed E-state index contributed by atoms with van der Waals surface area (Å²) in [5.41, 5.74) is 0. The number of halogens is 1. The van der Waals surface area contributed by atoms with E-state index in [1.807, 2.05) is 0 Å². The summed E-state index contributed by atoms with van der Waals surface area (Å²) in [5, 5.41) is 0. The fourth-order valence-electron chi connectivity index (χ4n) is 0.998. The van der Waals surface area contributed by atoms with Crippen molar-refractivity contribution in [2.45, 2.75) is 18.7 Å². The molecule has 0 fully saturated rings. The van der Waals surface area contributed by atoms with Crippen LogP contribution in [0.3, 0.4) is 0 Å². The fourth-order valence-corrected chi connectivity index (χ4v) is 1.15. The normalized spacial score (nSPS) is 14.3. The third-order valence-electron chi connectivity index (χ3n) is 1.83. The van der Waals surface area contributed by atoms with E-state index in [4.69, 9.17) is 20.8 Å². The summed E-state index contributed by atoms with van der Waals surface area (Å²) in [6.07, 6.45) is 1.34. The van der Waals surface area contributed by atoms with Crippen molar-refractivity contribution in [1.29, 1.82) is 0 Å². The zero-order chi connectivity index (χ0) is 11.5. The lowest BCUT2D eigenvalue weighted by Gasteiger charge is -2.16. The van der Waals surface area contributed by atoms with Gasteiger partial charge in [0.2, 0.25) is 10.7 Å². The van der Waals surface area contributed by atoms with E-state index in [0.717, 1.165) is 0 Å². The zero-order valence-corrected chi connectivity index (χ0v) is 9.21. The first-order valence-corrected chi connectivity index (χ1v) is 4.82. The molecular formula is C10H11ClO4. The molecule has 0 radical (unpaired) electrons. The molecule has 0 spiro atoms. The van der Waals surface area contributed by atoms with Crippen molar-refractivity contribution < 1.29 is 18.7 Å². The second kappa shape index (κ2) is 4.49. The highest BCUT2D eigenvalue weighted by Crippen LogP contribution is 2.22. The molecular weight excluding hydrogens is 220 g/mol. The van der Waals surface area contributed by atoms with E-state index in [1.165, 1.54) is 19.3 Å². The molecule has 0 bridgehead atoms. The Balaban J connectivity index is 2.86. The number of carbonyl (C=O) groups is 2. The monoisotopic (exact) mass is 230 g/mol. The molecule has 0 aromatic carbocycles. The molecule has 0 saturated carbocycles. The maximum atomic E-state index is 11.7. The van der Waals surface area contributed by atoms with E-state index in [2.05, 4.69) is 0 Å². The molecule has 1 unspecified atom stereocenters. The second-order valence-electron chi connectivity index (χ2n) is 3.03. The van der Waals surface area contributed by atoms with E-state index in [0.29, 0.717) is 0 Å². The maximum absolute atomic E-state index is 11.7. The van der Waals surface area contributed by atoms with Crippen molar-refractivity contribution in [3.63, 3.8) is 0 Å². The first kappa shape index (κ1) is 11.8.